The van der Waals surface area contributed by atoms with Gasteiger partial charge in [0.05, 0.1) is 4.90 Å². The highest BCUT2D eigenvalue weighted by atomic mass is 32.2. The number of rotatable bonds is 5. The summed E-state index contributed by atoms with van der Waals surface area (Å²) in [6, 6.07) is 5.67. The molecule has 1 rings (SSSR count). The molecular formula is C18H29N3O4S. The van der Waals surface area contributed by atoms with E-state index in [2.05, 4.69) is 9.68 Å². The lowest BCUT2D eigenvalue weighted by Gasteiger charge is -2.25. The Hall–Kier alpha value is -1.93. The minimum Gasteiger partial charge on any atom is -0.444 e. The summed E-state index contributed by atoms with van der Waals surface area (Å²) in [5.74, 6) is -0.967. The van der Waals surface area contributed by atoms with Crippen LogP contribution in [0.1, 0.15) is 46.6 Å². The summed E-state index contributed by atoms with van der Waals surface area (Å²) in [4.78, 5) is 24.9. The van der Waals surface area contributed by atoms with Gasteiger partial charge in [0.25, 0.3) is 5.91 Å². The van der Waals surface area contributed by atoms with Crippen LogP contribution in [0, 0.1) is 12.8 Å². The zero-order valence-corrected chi connectivity index (χ0v) is 17.1. The fraction of sp³-hybridized carbons (Fsp3) is 0.556. The quantitative estimate of drug-likeness (QED) is 0.813. The Morgan fingerprint density at radius 3 is 2.27 bits per heavy atom. The van der Waals surface area contributed by atoms with Crippen LogP contribution in [-0.2, 0) is 19.4 Å². The Balaban J connectivity index is 3.10. The number of amides is 2. The van der Waals surface area contributed by atoms with Gasteiger partial charge < -0.3 is 10.1 Å². The van der Waals surface area contributed by atoms with Gasteiger partial charge in [-0.2, -0.15) is 0 Å². The maximum Gasteiger partial charge on any atom is 0.408 e. The normalized spacial score (nSPS) is 16.1. The molecule has 7 nitrogen and oxygen atoms in total. The number of nitrogens with one attached hydrogen (secondary N) is 1. The highest BCUT2D eigenvalue weighted by Gasteiger charge is 2.29. The Bertz CT molecular complexity index is 760. The average molecular weight is 384 g/mol. The van der Waals surface area contributed by atoms with Gasteiger partial charge in [-0.3, -0.25) is 4.79 Å². The van der Waals surface area contributed by atoms with Crippen molar-refractivity contribution in [2.45, 2.75) is 64.5 Å². The fourth-order valence-corrected chi connectivity index (χ4v) is 3.11. The van der Waals surface area contributed by atoms with E-state index in [4.69, 9.17) is 9.88 Å². The fourth-order valence-electron chi connectivity index (χ4n) is 2.09. The van der Waals surface area contributed by atoms with Crippen molar-refractivity contribution in [2.75, 3.05) is 0 Å². The summed E-state index contributed by atoms with van der Waals surface area (Å²) < 4.78 is 21.6. The Kier molecular flexibility index (Phi) is 7.35. The highest BCUT2D eigenvalue weighted by Crippen LogP contribution is 2.15. The molecule has 0 radical (unpaired) electrons. The number of benzene rings is 1. The molecule has 1 unspecified atom stereocenters. The monoisotopic (exact) mass is 383 g/mol. The zero-order chi connectivity index (χ0) is 20.1. The zero-order valence-electron chi connectivity index (χ0n) is 16.2. The number of nitrogens with zero attached hydrogens (tertiary/aromatic N) is 1. The van der Waals surface area contributed by atoms with Crippen molar-refractivity contribution in [3.63, 3.8) is 0 Å². The summed E-state index contributed by atoms with van der Waals surface area (Å²) in [5, 5.41) is 8.32. The maximum atomic E-state index is 12.7. The van der Waals surface area contributed by atoms with Crippen molar-refractivity contribution >= 4 is 21.9 Å². The third-order valence-electron chi connectivity index (χ3n) is 3.74. The second kappa shape index (κ2) is 8.64. The van der Waals surface area contributed by atoms with Crippen molar-refractivity contribution < 1.29 is 18.5 Å². The number of alkyl carbamates (subject to hydrolysis) is 1. The van der Waals surface area contributed by atoms with E-state index >= 15 is 0 Å². The van der Waals surface area contributed by atoms with E-state index in [0.717, 1.165) is 5.56 Å². The van der Waals surface area contributed by atoms with E-state index in [9.17, 15) is 13.8 Å². The molecule has 0 aliphatic carbocycles. The molecule has 0 aromatic heterocycles. The van der Waals surface area contributed by atoms with Gasteiger partial charge in [-0.25, -0.2) is 14.1 Å². The molecule has 1 aromatic rings. The van der Waals surface area contributed by atoms with Crippen LogP contribution in [0.25, 0.3) is 0 Å². The van der Waals surface area contributed by atoms with Crippen LogP contribution in [0.15, 0.2) is 33.5 Å². The van der Waals surface area contributed by atoms with Crippen LogP contribution >= 0.6 is 0 Å². The SMILES string of the molecule is CC[C@H](C)[C@H](NC(=O)OC(C)(C)C)C(=O)N=S(N)(=O)c1ccc(C)cc1. The minimum atomic E-state index is -3.40. The van der Waals surface area contributed by atoms with Crippen LogP contribution in [0.5, 0.6) is 0 Å². The maximum absolute atomic E-state index is 12.7. The van der Waals surface area contributed by atoms with Gasteiger partial charge in [0.15, 0.2) is 0 Å². The smallest absolute Gasteiger partial charge is 0.408 e. The van der Waals surface area contributed by atoms with E-state index in [1.165, 1.54) is 0 Å². The molecule has 0 heterocycles. The lowest BCUT2D eigenvalue weighted by molar-refractivity contribution is -0.120. The first-order chi connectivity index (χ1) is 11.9. The van der Waals surface area contributed by atoms with Gasteiger partial charge in [0.1, 0.15) is 21.6 Å². The van der Waals surface area contributed by atoms with Crippen LogP contribution in [0.4, 0.5) is 4.79 Å². The van der Waals surface area contributed by atoms with Crippen molar-refractivity contribution in [1.29, 1.82) is 0 Å². The van der Waals surface area contributed by atoms with E-state index in [-0.39, 0.29) is 10.8 Å². The van der Waals surface area contributed by atoms with Gasteiger partial charge in [0.2, 0.25) is 0 Å². The van der Waals surface area contributed by atoms with Gasteiger partial charge in [-0.15, -0.1) is 4.36 Å². The number of ether oxygens (including phenoxy) is 1. The third kappa shape index (κ3) is 6.76. The second-order valence-corrected chi connectivity index (χ2v) is 9.11. The first-order valence-electron chi connectivity index (χ1n) is 8.50. The van der Waals surface area contributed by atoms with Crippen molar-refractivity contribution in [2.24, 2.45) is 15.4 Å². The van der Waals surface area contributed by atoms with Gasteiger partial charge >= 0.3 is 6.09 Å². The second-order valence-electron chi connectivity index (χ2n) is 7.32. The van der Waals surface area contributed by atoms with Crippen LogP contribution < -0.4 is 10.5 Å². The standard InChI is InChI=1S/C18H29N3O4S/c1-7-13(3)15(20-17(23)25-18(4,5)6)16(22)21-26(19,24)14-10-8-12(2)9-11-14/h8-11,13,15H,7H2,1-6H3,(H,20,23)(H2,19,21,22,24)/t13-,15-,26?/m0/s1. The van der Waals surface area contributed by atoms with Crippen LogP contribution in [-0.4, -0.2) is 27.9 Å². The number of carbonyl (C=O) groups is 2. The third-order valence-corrected chi connectivity index (χ3v) is 5.13. The van der Waals surface area contributed by atoms with Crippen molar-refractivity contribution in [3.05, 3.63) is 29.8 Å². The van der Waals surface area contributed by atoms with Gasteiger partial charge in [-0.1, -0.05) is 38.0 Å². The number of carbonyl (C=O) groups excluding carboxylic acids is 2. The highest BCUT2D eigenvalue weighted by molar-refractivity contribution is 7.91. The molecule has 0 aliphatic heterocycles. The van der Waals surface area contributed by atoms with Crippen LogP contribution in [0.3, 0.4) is 0 Å². The summed E-state index contributed by atoms with van der Waals surface area (Å²) in [5.41, 5.74) is 0.271. The summed E-state index contributed by atoms with van der Waals surface area (Å²) in [7, 11) is -3.40. The van der Waals surface area contributed by atoms with E-state index in [0.29, 0.717) is 6.42 Å². The largest absolute Gasteiger partial charge is 0.444 e. The van der Waals surface area contributed by atoms with E-state index < -0.39 is 33.6 Å². The predicted molar refractivity (Wildman–Crippen MR) is 102 cm³/mol. The number of aryl methyl sites for hydroxylation is 1. The predicted octanol–water partition coefficient (Wildman–Crippen LogP) is 3.16. The molecule has 0 saturated carbocycles. The van der Waals surface area contributed by atoms with Crippen molar-refractivity contribution in [1.82, 2.24) is 5.32 Å². The number of hydrogen-bond acceptors (Lipinski definition) is 4. The van der Waals surface area contributed by atoms with E-state index in [1.807, 2.05) is 13.8 Å². The van der Waals surface area contributed by atoms with Crippen molar-refractivity contribution in [3.8, 4) is 0 Å². The first kappa shape index (κ1) is 22.1. The molecule has 0 bridgehead atoms. The Labute approximate surface area is 156 Å². The molecule has 3 N–H and O–H groups in total. The molecule has 2 amide bonds. The first-order valence-corrected chi connectivity index (χ1v) is 10.1. The molecule has 0 spiro atoms. The molecule has 26 heavy (non-hydrogen) atoms. The summed E-state index contributed by atoms with van der Waals surface area (Å²) in [6.07, 6.45) is -0.122. The Morgan fingerprint density at radius 1 is 1.27 bits per heavy atom. The molecule has 0 fully saturated rings. The molecule has 0 aliphatic rings. The summed E-state index contributed by atoms with van der Waals surface area (Å²) >= 11 is 0. The average Bonchev–Trinajstić information content (AvgIpc) is 2.50. The lowest BCUT2D eigenvalue weighted by atomic mass is 9.99. The molecule has 1 aromatic carbocycles. The number of nitrogens with two attached hydrogens (primary N) is 1. The van der Waals surface area contributed by atoms with Gasteiger partial charge in [-0.05, 0) is 45.7 Å². The molecular weight excluding hydrogens is 354 g/mol. The molecule has 3 atom stereocenters. The molecule has 0 saturated heterocycles. The van der Waals surface area contributed by atoms with Crippen LogP contribution in [0.2, 0.25) is 0 Å². The minimum absolute atomic E-state index is 0.230. The Morgan fingerprint density at radius 2 is 1.81 bits per heavy atom. The molecule has 146 valence electrons. The summed E-state index contributed by atoms with van der Waals surface area (Å²) in [6.45, 7) is 10.7. The van der Waals surface area contributed by atoms with Gasteiger partial charge in [0, 0.05) is 0 Å². The lowest BCUT2D eigenvalue weighted by Crippen LogP contribution is -2.46. The number of hydrogen-bond donors (Lipinski definition) is 2. The topological polar surface area (TPSA) is 111 Å². The molecule has 8 heteroatoms. The van der Waals surface area contributed by atoms with E-state index in [1.54, 1.807) is 52.0 Å².